The minimum absolute atomic E-state index is 0.192. The summed E-state index contributed by atoms with van der Waals surface area (Å²) in [6.07, 6.45) is 0. The molecule has 1 aromatic rings. The summed E-state index contributed by atoms with van der Waals surface area (Å²) in [4.78, 5) is 3.85. The summed E-state index contributed by atoms with van der Waals surface area (Å²) in [5.41, 5.74) is 0.270. The van der Waals surface area contributed by atoms with Crippen LogP contribution in [0.3, 0.4) is 0 Å². The lowest BCUT2D eigenvalue weighted by Gasteiger charge is -2.08. The summed E-state index contributed by atoms with van der Waals surface area (Å²) in [6, 6.07) is 3.35. The molecule has 0 amide bonds. The Bertz CT molecular complexity index is 364. The van der Waals surface area contributed by atoms with E-state index in [9.17, 15) is 8.78 Å². The molecule has 15 heavy (non-hydrogen) atoms. The molecule has 0 fully saturated rings. The zero-order valence-corrected chi connectivity index (χ0v) is 8.64. The van der Waals surface area contributed by atoms with Crippen LogP contribution in [0.5, 0.6) is 0 Å². The maximum Gasteiger partial charge on any atom is 0.190 e. The Labute approximate surface area is 87.2 Å². The molecule has 0 radical (unpaired) electrons. The fourth-order valence-electron chi connectivity index (χ4n) is 1.14. The van der Waals surface area contributed by atoms with Crippen LogP contribution in [0.15, 0.2) is 23.2 Å². The predicted octanol–water partition coefficient (Wildman–Crippen LogP) is 1.26. The van der Waals surface area contributed by atoms with Crippen LogP contribution in [0.25, 0.3) is 0 Å². The van der Waals surface area contributed by atoms with Crippen molar-refractivity contribution in [3.63, 3.8) is 0 Å². The third kappa shape index (κ3) is 3.19. The molecule has 2 N–H and O–H groups in total. The highest BCUT2D eigenvalue weighted by molar-refractivity contribution is 5.79. The van der Waals surface area contributed by atoms with E-state index in [-0.39, 0.29) is 12.1 Å². The summed E-state index contributed by atoms with van der Waals surface area (Å²) in [5, 5.41) is 5.61. The van der Waals surface area contributed by atoms with Crippen LogP contribution in [-0.4, -0.2) is 20.1 Å². The number of benzene rings is 1. The molecule has 3 nitrogen and oxygen atoms in total. The Balaban J connectivity index is 2.68. The topological polar surface area (TPSA) is 36.4 Å². The molecule has 0 aliphatic carbocycles. The third-order valence-electron chi connectivity index (χ3n) is 1.91. The monoisotopic (exact) mass is 213 g/mol. The van der Waals surface area contributed by atoms with Gasteiger partial charge in [0.2, 0.25) is 0 Å². The first-order chi connectivity index (χ1) is 7.17. The molecule has 0 atom stereocenters. The SMILES string of the molecule is CN=C(NC)NCc1cc(F)ccc1F. The van der Waals surface area contributed by atoms with E-state index in [1.54, 1.807) is 14.1 Å². The number of halogens is 2. The van der Waals surface area contributed by atoms with Gasteiger partial charge in [-0.15, -0.1) is 0 Å². The molecule has 0 saturated heterocycles. The standard InChI is InChI=1S/C10H13F2N3/c1-13-10(14-2)15-6-7-5-8(11)3-4-9(7)12/h3-5H,6H2,1-2H3,(H2,13,14,15). The van der Waals surface area contributed by atoms with E-state index in [1.165, 1.54) is 0 Å². The van der Waals surface area contributed by atoms with Gasteiger partial charge in [-0.05, 0) is 18.2 Å². The minimum Gasteiger partial charge on any atom is -0.359 e. The summed E-state index contributed by atoms with van der Waals surface area (Å²) < 4.78 is 26.0. The fourth-order valence-corrected chi connectivity index (χ4v) is 1.14. The largest absolute Gasteiger partial charge is 0.359 e. The number of aliphatic imine (C=N–C) groups is 1. The van der Waals surface area contributed by atoms with Crippen molar-refractivity contribution in [1.29, 1.82) is 0 Å². The number of guanidine groups is 1. The number of hydrogen-bond acceptors (Lipinski definition) is 1. The van der Waals surface area contributed by atoms with Gasteiger partial charge in [0.1, 0.15) is 11.6 Å². The third-order valence-corrected chi connectivity index (χ3v) is 1.91. The Hall–Kier alpha value is -1.65. The molecule has 0 spiro atoms. The normalized spacial score (nSPS) is 11.3. The maximum absolute atomic E-state index is 13.2. The van der Waals surface area contributed by atoms with E-state index in [1.807, 2.05) is 0 Å². The first-order valence-corrected chi connectivity index (χ1v) is 4.49. The maximum atomic E-state index is 13.2. The second-order valence-electron chi connectivity index (χ2n) is 2.91. The van der Waals surface area contributed by atoms with Crippen molar-refractivity contribution in [2.24, 2.45) is 4.99 Å². The van der Waals surface area contributed by atoms with Crippen molar-refractivity contribution < 1.29 is 8.78 Å². The molecule has 0 saturated carbocycles. The summed E-state index contributed by atoms with van der Waals surface area (Å²) >= 11 is 0. The second-order valence-corrected chi connectivity index (χ2v) is 2.91. The molecule has 0 aliphatic rings. The highest BCUT2D eigenvalue weighted by Crippen LogP contribution is 2.08. The van der Waals surface area contributed by atoms with E-state index in [0.717, 1.165) is 18.2 Å². The van der Waals surface area contributed by atoms with Crippen LogP contribution < -0.4 is 10.6 Å². The number of nitrogens with zero attached hydrogens (tertiary/aromatic N) is 1. The first kappa shape index (κ1) is 11.4. The van der Waals surface area contributed by atoms with Gasteiger partial charge in [0.25, 0.3) is 0 Å². The van der Waals surface area contributed by atoms with Gasteiger partial charge < -0.3 is 10.6 Å². The molecule has 0 bridgehead atoms. The smallest absolute Gasteiger partial charge is 0.190 e. The van der Waals surface area contributed by atoms with E-state index >= 15 is 0 Å². The zero-order valence-electron chi connectivity index (χ0n) is 8.64. The van der Waals surface area contributed by atoms with Gasteiger partial charge >= 0.3 is 0 Å². The summed E-state index contributed by atoms with van der Waals surface area (Å²) in [7, 11) is 3.29. The van der Waals surface area contributed by atoms with Gasteiger partial charge in [-0.25, -0.2) is 8.78 Å². The lowest BCUT2D eigenvalue weighted by Crippen LogP contribution is -2.34. The summed E-state index contributed by atoms with van der Waals surface area (Å²) in [5.74, 6) is -0.359. The van der Waals surface area contributed by atoms with Gasteiger partial charge in [-0.2, -0.15) is 0 Å². The quantitative estimate of drug-likeness (QED) is 0.573. The van der Waals surface area contributed by atoms with Crippen molar-refractivity contribution in [2.45, 2.75) is 6.54 Å². The van der Waals surface area contributed by atoms with Gasteiger partial charge in [-0.1, -0.05) is 0 Å². The van der Waals surface area contributed by atoms with Crippen LogP contribution in [0.2, 0.25) is 0 Å². The van der Waals surface area contributed by atoms with Crippen molar-refractivity contribution in [2.75, 3.05) is 14.1 Å². The molecule has 0 heterocycles. The number of hydrogen-bond donors (Lipinski definition) is 2. The average Bonchev–Trinajstić information content (AvgIpc) is 2.24. The summed E-state index contributed by atoms with van der Waals surface area (Å²) in [6.45, 7) is 0.192. The van der Waals surface area contributed by atoms with Crippen molar-refractivity contribution in [1.82, 2.24) is 10.6 Å². The minimum atomic E-state index is -0.451. The van der Waals surface area contributed by atoms with Gasteiger partial charge in [0.15, 0.2) is 5.96 Å². The van der Waals surface area contributed by atoms with Crippen LogP contribution in [0.4, 0.5) is 8.78 Å². The molecular weight excluding hydrogens is 200 g/mol. The Morgan fingerprint density at radius 2 is 2.13 bits per heavy atom. The lowest BCUT2D eigenvalue weighted by molar-refractivity contribution is 0.581. The van der Waals surface area contributed by atoms with E-state index < -0.39 is 11.6 Å². The lowest BCUT2D eigenvalue weighted by atomic mass is 10.2. The number of nitrogens with one attached hydrogen (secondary N) is 2. The van der Waals surface area contributed by atoms with Gasteiger partial charge in [0.05, 0.1) is 0 Å². The van der Waals surface area contributed by atoms with E-state index in [0.29, 0.717) is 5.96 Å². The molecule has 82 valence electrons. The van der Waals surface area contributed by atoms with E-state index in [4.69, 9.17) is 0 Å². The molecule has 5 heteroatoms. The Kier molecular flexibility index (Phi) is 4.03. The highest BCUT2D eigenvalue weighted by atomic mass is 19.1. The highest BCUT2D eigenvalue weighted by Gasteiger charge is 2.03. The van der Waals surface area contributed by atoms with Crippen LogP contribution in [-0.2, 0) is 6.54 Å². The van der Waals surface area contributed by atoms with Gasteiger partial charge in [-0.3, -0.25) is 4.99 Å². The Morgan fingerprint density at radius 3 is 2.73 bits per heavy atom. The zero-order chi connectivity index (χ0) is 11.3. The van der Waals surface area contributed by atoms with Gasteiger partial charge in [0, 0.05) is 26.2 Å². The molecule has 1 rings (SSSR count). The molecule has 0 unspecified atom stereocenters. The molecular formula is C10H13F2N3. The van der Waals surface area contributed by atoms with Crippen LogP contribution >= 0.6 is 0 Å². The molecule has 0 aromatic heterocycles. The fraction of sp³-hybridized carbons (Fsp3) is 0.300. The average molecular weight is 213 g/mol. The van der Waals surface area contributed by atoms with Crippen LogP contribution in [0, 0.1) is 11.6 Å². The second kappa shape index (κ2) is 5.29. The predicted molar refractivity (Wildman–Crippen MR) is 55.6 cm³/mol. The molecule has 1 aromatic carbocycles. The van der Waals surface area contributed by atoms with Crippen molar-refractivity contribution in [3.8, 4) is 0 Å². The molecule has 0 aliphatic heterocycles. The first-order valence-electron chi connectivity index (χ1n) is 4.49. The Morgan fingerprint density at radius 1 is 1.40 bits per heavy atom. The number of rotatable bonds is 2. The van der Waals surface area contributed by atoms with Crippen molar-refractivity contribution in [3.05, 3.63) is 35.4 Å². The van der Waals surface area contributed by atoms with E-state index in [2.05, 4.69) is 15.6 Å². The van der Waals surface area contributed by atoms with Crippen molar-refractivity contribution >= 4 is 5.96 Å². The van der Waals surface area contributed by atoms with Crippen LogP contribution in [0.1, 0.15) is 5.56 Å².